The number of amides is 2. The minimum absolute atomic E-state index is 0.242. The fourth-order valence-corrected chi connectivity index (χ4v) is 3.03. The molecule has 0 saturated carbocycles. The second-order valence-electron chi connectivity index (χ2n) is 5.77. The Morgan fingerprint density at radius 2 is 1.67 bits per heavy atom. The van der Waals surface area contributed by atoms with Crippen LogP contribution in [0.5, 0.6) is 0 Å². The quantitative estimate of drug-likeness (QED) is 0.858. The third-order valence-corrected chi connectivity index (χ3v) is 4.22. The Bertz CT molecular complexity index is 785. The molecule has 1 aliphatic rings. The standard InChI is InChI=1S/C19H17NO4/c21-17(22)12-16-14-8-4-5-9-15(14)18(23)20(19(16)24)11-10-13-6-2-1-3-7-13/h1-9,16H,10-12H2,(H,21,22). The minimum Gasteiger partial charge on any atom is -0.481 e. The maximum atomic E-state index is 12.7. The molecule has 1 heterocycles. The summed E-state index contributed by atoms with van der Waals surface area (Å²) in [4.78, 5) is 37.7. The average Bonchev–Trinajstić information content (AvgIpc) is 2.59. The molecular formula is C19H17NO4. The van der Waals surface area contributed by atoms with Gasteiger partial charge in [0.05, 0.1) is 12.3 Å². The molecule has 0 aromatic heterocycles. The van der Waals surface area contributed by atoms with Gasteiger partial charge in [-0.2, -0.15) is 0 Å². The van der Waals surface area contributed by atoms with E-state index in [4.69, 9.17) is 5.11 Å². The lowest BCUT2D eigenvalue weighted by Crippen LogP contribution is -2.46. The molecule has 5 nitrogen and oxygen atoms in total. The highest BCUT2D eigenvalue weighted by molar-refractivity contribution is 6.12. The minimum atomic E-state index is -1.06. The highest BCUT2D eigenvalue weighted by Gasteiger charge is 2.39. The van der Waals surface area contributed by atoms with E-state index in [0.717, 1.165) is 5.56 Å². The SMILES string of the molecule is O=C(O)CC1C(=O)N(CCc2ccccc2)C(=O)c2ccccc21. The first-order chi connectivity index (χ1) is 11.6. The number of benzene rings is 2. The lowest BCUT2D eigenvalue weighted by atomic mass is 9.86. The van der Waals surface area contributed by atoms with E-state index < -0.39 is 17.8 Å². The summed E-state index contributed by atoms with van der Waals surface area (Å²) in [5, 5.41) is 9.11. The van der Waals surface area contributed by atoms with Gasteiger partial charge >= 0.3 is 5.97 Å². The van der Waals surface area contributed by atoms with Crippen LogP contribution >= 0.6 is 0 Å². The Kier molecular flexibility index (Phi) is 4.42. The van der Waals surface area contributed by atoms with Crippen molar-refractivity contribution in [1.82, 2.24) is 4.90 Å². The van der Waals surface area contributed by atoms with E-state index in [1.165, 1.54) is 4.90 Å². The fraction of sp³-hybridized carbons (Fsp3) is 0.211. The Balaban J connectivity index is 1.88. The van der Waals surface area contributed by atoms with Crippen LogP contribution in [0.15, 0.2) is 54.6 Å². The largest absolute Gasteiger partial charge is 0.481 e. The molecule has 3 rings (SSSR count). The van der Waals surface area contributed by atoms with Crippen LogP contribution in [0.1, 0.15) is 33.8 Å². The van der Waals surface area contributed by atoms with Crippen LogP contribution in [0, 0.1) is 0 Å². The molecule has 2 aromatic carbocycles. The predicted octanol–water partition coefficient (Wildman–Crippen LogP) is 2.47. The summed E-state index contributed by atoms with van der Waals surface area (Å²) in [6.07, 6.45) is 0.227. The van der Waals surface area contributed by atoms with Crippen LogP contribution in [0.25, 0.3) is 0 Å². The number of imide groups is 1. The Morgan fingerprint density at radius 3 is 2.38 bits per heavy atom. The van der Waals surface area contributed by atoms with Crippen LogP contribution in [0.3, 0.4) is 0 Å². The van der Waals surface area contributed by atoms with Crippen LogP contribution in [-0.4, -0.2) is 34.3 Å². The van der Waals surface area contributed by atoms with Gasteiger partial charge in [0.25, 0.3) is 5.91 Å². The van der Waals surface area contributed by atoms with E-state index in [1.807, 2.05) is 30.3 Å². The van der Waals surface area contributed by atoms with Gasteiger partial charge in [0.1, 0.15) is 0 Å². The molecule has 24 heavy (non-hydrogen) atoms. The normalized spacial score (nSPS) is 16.8. The van der Waals surface area contributed by atoms with Crippen molar-refractivity contribution in [2.45, 2.75) is 18.8 Å². The number of hydrogen-bond donors (Lipinski definition) is 1. The monoisotopic (exact) mass is 323 g/mol. The number of nitrogens with zero attached hydrogens (tertiary/aromatic N) is 1. The summed E-state index contributed by atoms with van der Waals surface area (Å²) in [6, 6.07) is 16.3. The molecule has 5 heteroatoms. The number of rotatable bonds is 5. The average molecular weight is 323 g/mol. The van der Waals surface area contributed by atoms with E-state index in [2.05, 4.69) is 0 Å². The van der Waals surface area contributed by atoms with E-state index >= 15 is 0 Å². The van der Waals surface area contributed by atoms with Gasteiger partial charge in [-0.3, -0.25) is 19.3 Å². The zero-order chi connectivity index (χ0) is 17.1. The lowest BCUT2D eigenvalue weighted by molar-refractivity contribution is -0.141. The molecule has 2 aromatic rings. The zero-order valence-electron chi connectivity index (χ0n) is 13.0. The highest BCUT2D eigenvalue weighted by Crippen LogP contribution is 2.31. The van der Waals surface area contributed by atoms with Crippen LogP contribution in [0.4, 0.5) is 0 Å². The summed E-state index contributed by atoms with van der Waals surface area (Å²) < 4.78 is 0. The van der Waals surface area contributed by atoms with Crippen molar-refractivity contribution in [3.05, 3.63) is 71.3 Å². The van der Waals surface area contributed by atoms with E-state index in [9.17, 15) is 14.4 Å². The maximum absolute atomic E-state index is 12.7. The molecule has 0 aliphatic carbocycles. The number of carbonyl (C=O) groups is 3. The van der Waals surface area contributed by atoms with Crippen molar-refractivity contribution in [2.75, 3.05) is 6.54 Å². The van der Waals surface area contributed by atoms with Crippen LogP contribution in [-0.2, 0) is 16.0 Å². The molecule has 1 aliphatic heterocycles. The molecular weight excluding hydrogens is 306 g/mol. The number of fused-ring (bicyclic) bond motifs is 1. The van der Waals surface area contributed by atoms with Gasteiger partial charge in [0, 0.05) is 12.1 Å². The molecule has 1 unspecified atom stereocenters. The van der Waals surface area contributed by atoms with Gasteiger partial charge in [-0.05, 0) is 23.6 Å². The first-order valence-electron chi connectivity index (χ1n) is 7.78. The van der Waals surface area contributed by atoms with E-state index in [1.54, 1.807) is 24.3 Å². The second-order valence-corrected chi connectivity index (χ2v) is 5.77. The third kappa shape index (κ3) is 3.06. The second kappa shape index (κ2) is 6.66. The maximum Gasteiger partial charge on any atom is 0.304 e. The third-order valence-electron chi connectivity index (χ3n) is 4.22. The Hall–Kier alpha value is -2.95. The molecule has 122 valence electrons. The van der Waals surface area contributed by atoms with Gasteiger partial charge in [0.15, 0.2) is 0 Å². The van der Waals surface area contributed by atoms with Gasteiger partial charge in [0.2, 0.25) is 5.91 Å². The highest BCUT2D eigenvalue weighted by atomic mass is 16.4. The zero-order valence-corrected chi connectivity index (χ0v) is 13.0. The number of carboxylic acid groups (broad SMARTS) is 1. The Morgan fingerprint density at radius 1 is 1.00 bits per heavy atom. The predicted molar refractivity (Wildman–Crippen MR) is 87.6 cm³/mol. The molecule has 0 spiro atoms. The molecule has 1 N–H and O–H groups in total. The molecule has 0 bridgehead atoms. The van der Waals surface area contributed by atoms with Gasteiger partial charge in [-0.1, -0.05) is 48.5 Å². The van der Waals surface area contributed by atoms with Crippen molar-refractivity contribution in [3.63, 3.8) is 0 Å². The van der Waals surface area contributed by atoms with Crippen LogP contribution < -0.4 is 0 Å². The van der Waals surface area contributed by atoms with Crippen molar-refractivity contribution in [3.8, 4) is 0 Å². The smallest absolute Gasteiger partial charge is 0.304 e. The number of carbonyl (C=O) groups excluding carboxylic acids is 2. The first kappa shape index (κ1) is 15.9. The molecule has 0 saturated heterocycles. The lowest BCUT2D eigenvalue weighted by Gasteiger charge is -2.32. The van der Waals surface area contributed by atoms with Crippen molar-refractivity contribution < 1.29 is 19.5 Å². The van der Waals surface area contributed by atoms with Crippen molar-refractivity contribution >= 4 is 17.8 Å². The summed E-state index contributed by atoms with van der Waals surface area (Å²) in [6.45, 7) is 0.242. The summed E-state index contributed by atoms with van der Waals surface area (Å²) >= 11 is 0. The molecule has 1 atom stereocenters. The topological polar surface area (TPSA) is 74.7 Å². The van der Waals surface area contributed by atoms with E-state index in [0.29, 0.717) is 17.5 Å². The molecule has 0 radical (unpaired) electrons. The number of aliphatic carboxylic acids is 1. The van der Waals surface area contributed by atoms with Crippen molar-refractivity contribution in [1.29, 1.82) is 0 Å². The number of carboxylic acids is 1. The van der Waals surface area contributed by atoms with Gasteiger partial charge < -0.3 is 5.11 Å². The van der Waals surface area contributed by atoms with E-state index in [-0.39, 0.29) is 18.9 Å². The Labute approximate surface area is 139 Å². The first-order valence-corrected chi connectivity index (χ1v) is 7.78. The van der Waals surface area contributed by atoms with Crippen LogP contribution in [0.2, 0.25) is 0 Å². The van der Waals surface area contributed by atoms with Gasteiger partial charge in [-0.15, -0.1) is 0 Å². The van der Waals surface area contributed by atoms with Gasteiger partial charge in [-0.25, -0.2) is 0 Å². The summed E-state index contributed by atoms with van der Waals surface area (Å²) in [5.41, 5.74) is 1.94. The van der Waals surface area contributed by atoms with Crippen molar-refractivity contribution in [2.24, 2.45) is 0 Å². The summed E-state index contributed by atoms with van der Waals surface area (Å²) in [7, 11) is 0. The molecule has 0 fully saturated rings. The fourth-order valence-electron chi connectivity index (χ4n) is 3.03. The summed E-state index contributed by atoms with van der Waals surface area (Å²) in [5.74, 6) is -2.65. The molecule has 2 amide bonds. The number of hydrogen-bond acceptors (Lipinski definition) is 3.